The maximum absolute atomic E-state index is 12.7. The zero-order chi connectivity index (χ0) is 23.2. The molecule has 12 heteroatoms. The molecule has 0 atom stereocenters. The molecule has 0 aliphatic heterocycles. The van der Waals surface area contributed by atoms with E-state index in [0.717, 1.165) is 18.5 Å². The fourth-order valence-corrected chi connectivity index (χ4v) is 2.95. The highest BCUT2D eigenvalue weighted by Crippen LogP contribution is 2.40. The Balaban J connectivity index is 1.54. The monoisotopic (exact) mass is 450 g/mol. The number of carbonyl (C=O) groups excluding carboxylic acids is 2. The summed E-state index contributed by atoms with van der Waals surface area (Å²) in [6.45, 7) is -0.0703. The van der Waals surface area contributed by atoms with Crippen LogP contribution in [0, 0.1) is 0 Å². The number of likely N-dealkylation sites (N-methyl/N-ethyl adjacent to an activating group) is 1. The first-order valence-electron chi connectivity index (χ1n) is 10.2. The van der Waals surface area contributed by atoms with Gasteiger partial charge in [-0.25, -0.2) is 29.7 Å². The zero-order valence-corrected chi connectivity index (χ0v) is 17.8. The Kier molecular flexibility index (Phi) is 6.64. The van der Waals surface area contributed by atoms with E-state index in [9.17, 15) is 9.59 Å². The van der Waals surface area contributed by atoms with Crippen LogP contribution >= 0.6 is 0 Å². The molecule has 1 aliphatic rings. The lowest BCUT2D eigenvalue weighted by atomic mass is 10.2. The normalized spacial score (nSPS) is 12.7. The third kappa shape index (κ3) is 5.54. The molecule has 0 bridgehead atoms. The lowest BCUT2D eigenvalue weighted by molar-refractivity contribution is 0.0762. The Morgan fingerprint density at radius 3 is 2.73 bits per heavy atom. The number of aromatic nitrogens is 5. The van der Waals surface area contributed by atoms with Crippen molar-refractivity contribution in [3.63, 3.8) is 0 Å². The summed E-state index contributed by atoms with van der Waals surface area (Å²) < 4.78 is 5.46. The van der Waals surface area contributed by atoms with E-state index in [1.807, 2.05) is 0 Å². The predicted molar refractivity (Wildman–Crippen MR) is 117 cm³/mol. The molecule has 4 rings (SSSR count). The topological polar surface area (TPSA) is 155 Å². The van der Waals surface area contributed by atoms with Gasteiger partial charge in [0.25, 0.3) is 11.8 Å². The molecule has 0 unspecified atom stereocenters. The Morgan fingerprint density at radius 1 is 1.21 bits per heavy atom. The number of hydrogen-bond acceptors (Lipinski definition) is 10. The van der Waals surface area contributed by atoms with Crippen molar-refractivity contribution in [3.05, 3.63) is 54.6 Å². The predicted octanol–water partition coefficient (Wildman–Crippen LogP) is 1.96. The minimum atomic E-state index is -0.864. The Hall–Kier alpha value is -4.19. The average molecular weight is 450 g/mol. The second-order valence-electron chi connectivity index (χ2n) is 7.34. The Labute approximate surface area is 189 Å². The molecule has 1 fully saturated rings. The zero-order valence-electron chi connectivity index (χ0n) is 17.8. The van der Waals surface area contributed by atoms with Gasteiger partial charge in [-0.2, -0.15) is 0 Å². The van der Waals surface area contributed by atoms with E-state index >= 15 is 0 Å². The summed E-state index contributed by atoms with van der Waals surface area (Å²) >= 11 is 0. The van der Waals surface area contributed by atoms with Gasteiger partial charge >= 0.3 is 6.09 Å². The summed E-state index contributed by atoms with van der Waals surface area (Å²) in [6, 6.07) is 3.11. The van der Waals surface area contributed by atoms with E-state index in [1.165, 1.54) is 30.5 Å². The van der Waals surface area contributed by atoms with Crippen molar-refractivity contribution in [1.82, 2.24) is 29.8 Å². The number of aliphatic hydroxyl groups excluding tert-OH is 1. The Bertz CT molecular complexity index is 1140. The van der Waals surface area contributed by atoms with Gasteiger partial charge < -0.3 is 20.1 Å². The van der Waals surface area contributed by atoms with Crippen LogP contribution in [0.4, 0.5) is 22.0 Å². The Morgan fingerprint density at radius 2 is 2.00 bits per heavy atom. The number of amides is 2. The van der Waals surface area contributed by atoms with E-state index in [0.29, 0.717) is 11.6 Å². The molecular formula is C21H22N8O4. The molecule has 12 nitrogen and oxygen atoms in total. The molecule has 0 aromatic carbocycles. The molecule has 170 valence electrons. The van der Waals surface area contributed by atoms with Crippen molar-refractivity contribution in [2.75, 3.05) is 30.8 Å². The lowest BCUT2D eigenvalue weighted by Crippen LogP contribution is -2.31. The van der Waals surface area contributed by atoms with E-state index in [4.69, 9.17) is 9.84 Å². The molecule has 3 N–H and O–H groups in total. The second kappa shape index (κ2) is 9.96. The molecule has 3 aromatic rings. The number of nitrogens with one attached hydrogen (secondary N) is 2. The van der Waals surface area contributed by atoms with Crippen LogP contribution in [0.5, 0.6) is 5.88 Å². The summed E-state index contributed by atoms with van der Waals surface area (Å²) in [5, 5.41) is 14.6. The molecule has 3 heterocycles. The number of ether oxygens (including phenoxy) is 1. The van der Waals surface area contributed by atoms with Gasteiger partial charge in [0.05, 0.1) is 42.3 Å². The van der Waals surface area contributed by atoms with E-state index in [1.54, 1.807) is 24.7 Å². The van der Waals surface area contributed by atoms with Gasteiger partial charge in [-0.1, -0.05) is 0 Å². The third-order valence-corrected chi connectivity index (χ3v) is 4.80. The fourth-order valence-electron chi connectivity index (χ4n) is 2.95. The quantitative estimate of drug-likeness (QED) is 0.464. The summed E-state index contributed by atoms with van der Waals surface area (Å²) in [4.78, 5) is 47.3. The average Bonchev–Trinajstić information content (AvgIpc) is 3.66. The molecule has 3 aromatic heterocycles. The highest BCUT2D eigenvalue weighted by Gasteiger charge is 2.27. The molecule has 0 radical (unpaired) electrons. The van der Waals surface area contributed by atoms with E-state index in [2.05, 4.69) is 35.6 Å². The van der Waals surface area contributed by atoms with Crippen LogP contribution in [-0.4, -0.2) is 67.1 Å². The molecule has 0 saturated heterocycles. The lowest BCUT2D eigenvalue weighted by Gasteiger charge is -2.17. The van der Waals surface area contributed by atoms with Crippen LogP contribution in [-0.2, 0) is 0 Å². The molecule has 1 saturated carbocycles. The summed E-state index contributed by atoms with van der Waals surface area (Å²) in [5.41, 5.74) is 1.45. The number of carbonyl (C=O) groups is 2. The van der Waals surface area contributed by atoms with Crippen LogP contribution < -0.4 is 15.4 Å². The molecule has 0 spiro atoms. The minimum Gasteiger partial charge on any atom is -0.395 e. The number of rotatable bonds is 8. The first-order chi connectivity index (χ1) is 16.0. The molecule has 1 aliphatic carbocycles. The number of pyridine rings is 1. The van der Waals surface area contributed by atoms with Crippen molar-refractivity contribution in [2.24, 2.45) is 0 Å². The van der Waals surface area contributed by atoms with Gasteiger partial charge in [-0.05, 0) is 25.0 Å². The van der Waals surface area contributed by atoms with Crippen LogP contribution in [0.15, 0.2) is 43.2 Å². The molecule has 33 heavy (non-hydrogen) atoms. The molecule has 2 amide bonds. The first kappa shape index (κ1) is 22.0. The molecular weight excluding hydrogens is 428 g/mol. The largest absolute Gasteiger partial charge is 0.418 e. The van der Waals surface area contributed by atoms with E-state index < -0.39 is 12.0 Å². The van der Waals surface area contributed by atoms with Crippen LogP contribution in [0.1, 0.15) is 34.9 Å². The SMILES string of the molecule is CN(CCO)C(=O)c1ncccc1NC(=O)Oc1nc(C2CC2)cnc1Nc1cncnc1. The fraction of sp³-hybridized carbons (Fsp3) is 0.286. The van der Waals surface area contributed by atoms with Gasteiger partial charge in [0, 0.05) is 25.7 Å². The highest BCUT2D eigenvalue weighted by atomic mass is 16.6. The summed E-state index contributed by atoms with van der Waals surface area (Å²) in [7, 11) is 1.53. The van der Waals surface area contributed by atoms with Gasteiger partial charge in [0.15, 0.2) is 11.5 Å². The van der Waals surface area contributed by atoms with Crippen molar-refractivity contribution in [3.8, 4) is 5.88 Å². The highest BCUT2D eigenvalue weighted by molar-refractivity contribution is 6.01. The van der Waals surface area contributed by atoms with Gasteiger partial charge in [-0.3, -0.25) is 10.1 Å². The standard InChI is InChI=1S/C21H22N8O4/c1-29(7-8-30)20(31)17-15(3-2-6-24-17)28-21(32)33-19-18(26-14-9-22-12-23-10-14)25-11-16(27-19)13-4-5-13/h2-3,6,9-13,30H,4-5,7-8H2,1H3,(H,25,26)(H,28,32). The van der Waals surface area contributed by atoms with Crippen LogP contribution in [0.2, 0.25) is 0 Å². The number of nitrogens with zero attached hydrogens (tertiary/aromatic N) is 6. The van der Waals surface area contributed by atoms with Crippen molar-refractivity contribution in [1.29, 1.82) is 0 Å². The minimum absolute atomic E-state index is 0.0167. The second-order valence-corrected chi connectivity index (χ2v) is 7.34. The number of aliphatic hydroxyl groups is 1. The number of anilines is 3. The van der Waals surface area contributed by atoms with Gasteiger partial charge in [-0.15, -0.1) is 0 Å². The van der Waals surface area contributed by atoms with Gasteiger partial charge in [0.2, 0.25) is 0 Å². The van der Waals surface area contributed by atoms with Crippen molar-refractivity contribution >= 4 is 29.2 Å². The van der Waals surface area contributed by atoms with E-state index in [-0.39, 0.29) is 36.2 Å². The van der Waals surface area contributed by atoms with Crippen molar-refractivity contribution < 1.29 is 19.4 Å². The van der Waals surface area contributed by atoms with Crippen LogP contribution in [0.3, 0.4) is 0 Å². The third-order valence-electron chi connectivity index (χ3n) is 4.80. The summed E-state index contributed by atoms with van der Waals surface area (Å²) in [6.07, 6.45) is 8.70. The first-order valence-corrected chi connectivity index (χ1v) is 10.2. The van der Waals surface area contributed by atoms with Crippen LogP contribution in [0.25, 0.3) is 0 Å². The van der Waals surface area contributed by atoms with Crippen molar-refractivity contribution in [2.45, 2.75) is 18.8 Å². The maximum Gasteiger partial charge on any atom is 0.418 e. The number of hydrogen-bond donors (Lipinski definition) is 3. The summed E-state index contributed by atoms with van der Waals surface area (Å²) in [5.74, 6) is 0.0352. The smallest absolute Gasteiger partial charge is 0.395 e. The maximum atomic E-state index is 12.7. The van der Waals surface area contributed by atoms with Gasteiger partial charge in [0.1, 0.15) is 6.33 Å².